The van der Waals surface area contributed by atoms with Crippen LogP contribution in [0.5, 0.6) is 0 Å². The molecule has 1 aliphatic carbocycles. The van der Waals surface area contributed by atoms with Gasteiger partial charge in [-0.15, -0.1) is 10.2 Å². The molecule has 0 bridgehead atoms. The number of nitriles is 1. The zero-order valence-corrected chi connectivity index (χ0v) is 30.3. The second-order valence-electron chi connectivity index (χ2n) is 14.6. The fourth-order valence-electron chi connectivity index (χ4n) is 7.83. The third-order valence-corrected chi connectivity index (χ3v) is 12.1. The van der Waals surface area contributed by atoms with E-state index in [1.165, 1.54) is 5.69 Å². The fraction of sp³-hybridized carbons (Fsp3) is 0.410. The predicted molar refractivity (Wildman–Crippen MR) is 204 cm³/mol. The Morgan fingerprint density at radius 3 is 2.45 bits per heavy atom. The SMILES string of the molecule is N#Cc1cnn2c(-c3cc(NC4CC4)c(-c4nnc(N5CCN(CC6CCN(c7ccc([C@H]8CCC(=O)NC8=O)cc7)CC6)CC5)s4)cn3)ccc2c1. The van der Waals surface area contributed by atoms with Crippen molar-refractivity contribution in [3.63, 3.8) is 0 Å². The van der Waals surface area contributed by atoms with Crippen LogP contribution in [0.25, 0.3) is 27.5 Å². The van der Waals surface area contributed by atoms with E-state index in [2.05, 4.69) is 77.0 Å². The van der Waals surface area contributed by atoms with Crippen LogP contribution < -0.4 is 20.4 Å². The maximum atomic E-state index is 12.3. The maximum Gasteiger partial charge on any atom is 0.234 e. The molecule has 14 heteroatoms. The van der Waals surface area contributed by atoms with E-state index in [-0.39, 0.29) is 17.7 Å². The number of piperidine rings is 2. The Morgan fingerprint density at radius 1 is 0.887 bits per heavy atom. The molecule has 53 heavy (non-hydrogen) atoms. The van der Waals surface area contributed by atoms with Gasteiger partial charge in [0.25, 0.3) is 0 Å². The first-order valence-corrected chi connectivity index (χ1v) is 19.4. The van der Waals surface area contributed by atoms with Gasteiger partial charge in [-0.05, 0) is 80.0 Å². The van der Waals surface area contributed by atoms with Crippen LogP contribution in [0.3, 0.4) is 0 Å². The molecule has 270 valence electrons. The summed E-state index contributed by atoms with van der Waals surface area (Å²) in [5.41, 5.74) is 7.21. The van der Waals surface area contributed by atoms with Crippen molar-refractivity contribution in [3.8, 4) is 28.0 Å². The van der Waals surface area contributed by atoms with Crippen LogP contribution in [0.1, 0.15) is 55.6 Å². The summed E-state index contributed by atoms with van der Waals surface area (Å²) in [5, 5.41) is 31.0. The minimum absolute atomic E-state index is 0.176. The number of carbonyl (C=O) groups excluding carboxylic acids is 2. The molecule has 3 saturated heterocycles. The third-order valence-electron chi connectivity index (χ3n) is 11.1. The van der Waals surface area contributed by atoms with E-state index >= 15 is 0 Å². The van der Waals surface area contributed by atoms with E-state index in [9.17, 15) is 14.9 Å². The first-order chi connectivity index (χ1) is 26.0. The second-order valence-corrected chi connectivity index (χ2v) is 15.6. The van der Waals surface area contributed by atoms with Crippen LogP contribution >= 0.6 is 11.3 Å². The Hall–Kier alpha value is -5.39. The number of hydrogen-bond acceptors (Lipinski definition) is 12. The Balaban J connectivity index is 0.792. The average molecular weight is 728 g/mol. The molecule has 1 atom stereocenters. The van der Waals surface area contributed by atoms with Gasteiger partial charge in [0.1, 0.15) is 6.07 Å². The Morgan fingerprint density at radius 2 is 1.70 bits per heavy atom. The van der Waals surface area contributed by atoms with Crippen molar-refractivity contribution in [2.75, 3.05) is 60.9 Å². The molecule has 0 radical (unpaired) electrons. The van der Waals surface area contributed by atoms with Crippen LogP contribution in [-0.2, 0) is 9.59 Å². The summed E-state index contributed by atoms with van der Waals surface area (Å²) in [6, 6.07) is 18.8. The molecule has 4 fully saturated rings. The highest BCUT2D eigenvalue weighted by atomic mass is 32.1. The number of carbonyl (C=O) groups is 2. The molecule has 7 heterocycles. The fourth-order valence-corrected chi connectivity index (χ4v) is 8.75. The van der Waals surface area contributed by atoms with Crippen molar-refractivity contribution in [1.82, 2.24) is 35.0 Å². The van der Waals surface area contributed by atoms with E-state index in [4.69, 9.17) is 4.98 Å². The van der Waals surface area contributed by atoms with Gasteiger partial charge in [-0.2, -0.15) is 10.4 Å². The molecule has 2 N–H and O–H groups in total. The highest BCUT2D eigenvalue weighted by Crippen LogP contribution is 2.38. The summed E-state index contributed by atoms with van der Waals surface area (Å²) in [6.45, 7) is 7.07. The Bertz CT molecular complexity index is 2190. The monoisotopic (exact) mass is 727 g/mol. The number of rotatable bonds is 9. The standard InChI is InChI=1S/C39H41N11O2S/c40-21-26-19-30-7-9-35(50(30)42-22-26)34-20-33(43-28-3-4-28)32(23-41-34)38-45-46-39(53-38)49-17-15-47(16-18-49)24-25-11-13-48(14-12-25)29-5-1-27(2-6-29)31-8-10-36(51)44-37(31)52/h1-2,5-7,9,19-20,22-23,25,28,31H,3-4,8,10-18,24H2,(H,41,43)(H,44,51,52)/t31-/m1/s1. The zero-order chi connectivity index (χ0) is 35.9. The van der Waals surface area contributed by atoms with Crippen molar-refractivity contribution >= 4 is 45.2 Å². The van der Waals surface area contributed by atoms with Crippen molar-refractivity contribution < 1.29 is 9.59 Å². The lowest BCUT2D eigenvalue weighted by Gasteiger charge is -2.39. The summed E-state index contributed by atoms with van der Waals surface area (Å²) < 4.78 is 1.82. The van der Waals surface area contributed by atoms with Crippen LogP contribution in [0.4, 0.5) is 16.5 Å². The molecule has 13 nitrogen and oxygen atoms in total. The van der Waals surface area contributed by atoms with Crippen LogP contribution in [0, 0.1) is 17.2 Å². The van der Waals surface area contributed by atoms with Gasteiger partial charge >= 0.3 is 0 Å². The minimum Gasteiger partial charge on any atom is -0.382 e. The molecule has 0 spiro atoms. The lowest BCUT2D eigenvalue weighted by Crippen LogP contribution is -2.49. The topological polar surface area (TPSA) is 148 Å². The van der Waals surface area contributed by atoms with Gasteiger partial charge in [-0.25, -0.2) is 4.52 Å². The smallest absolute Gasteiger partial charge is 0.234 e. The van der Waals surface area contributed by atoms with Gasteiger partial charge in [0.05, 0.1) is 40.1 Å². The minimum atomic E-state index is -0.239. The molecule has 1 aromatic carbocycles. The van der Waals surface area contributed by atoms with Crippen molar-refractivity contribution in [2.45, 2.75) is 50.5 Å². The number of nitrogens with zero attached hydrogens (tertiary/aromatic N) is 9. The first kappa shape index (κ1) is 33.4. The molecule has 2 amide bonds. The number of nitrogens with one attached hydrogen (secondary N) is 2. The Kier molecular flexibility index (Phi) is 8.97. The molecule has 3 aliphatic heterocycles. The lowest BCUT2D eigenvalue weighted by atomic mass is 9.90. The molecule has 4 aliphatic rings. The van der Waals surface area contributed by atoms with Crippen LogP contribution in [0.2, 0.25) is 0 Å². The van der Waals surface area contributed by atoms with E-state index in [1.807, 2.05) is 28.9 Å². The lowest BCUT2D eigenvalue weighted by molar-refractivity contribution is -0.134. The molecule has 5 aromatic rings. The number of pyridine rings is 1. The van der Waals surface area contributed by atoms with Gasteiger partial charge in [-0.1, -0.05) is 23.5 Å². The molecule has 0 unspecified atom stereocenters. The van der Waals surface area contributed by atoms with E-state index in [0.29, 0.717) is 30.4 Å². The second kappa shape index (κ2) is 14.2. The van der Waals surface area contributed by atoms with Crippen molar-refractivity contribution in [3.05, 3.63) is 72.1 Å². The maximum absolute atomic E-state index is 12.3. The van der Waals surface area contributed by atoms with E-state index < -0.39 is 0 Å². The number of fused-ring (bicyclic) bond motifs is 1. The van der Waals surface area contributed by atoms with Gasteiger partial charge in [0.15, 0.2) is 5.01 Å². The molecule has 4 aromatic heterocycles. The summed E-state index contributed by atoms with van der Waals surface area (Å²) in [4.78, 5) is 36.1. The molecular formula is C39H41N11O2S. The van der Waals surface area contributed by atoms with E-state index in [0.717, 1.165) is 115 Å². The van der Waals surface area contributed by atoms with Gasteiger partial charge in [-0.3, -0.25) is 24.8 Å². The van der Waals surface area contributed by atoms with Crippen LogP contribution in [-0.4, -0.2) is 93.4 Å². The highest BCUT2D eigenvalue weighted by molar-refractivity contribution is 7.18. The molecule has 9 rings (SSSR count). The number of benzene rings is 1. The van der Waals surface area contributed by atoms with Gasteiger partial charge in [0.2, 0.25) is 16.9 Å². The van der Waals surface area contributed by atoms with Crippen molar-refractivity contribution in [1.29, 1.82) is 5.26 Å². The van der Waals surface area contributed by atoms with Gasteiger partial charge < -0.3 is 15.1 Å². The highest BCUT2D eigenvalue weighted by Gasteiger charge is 2.30. The largest absolute Gasteiger partial charge is 0.382 e. The average Bonchev–Trinajstić information content (AvgIpc) is 3.69. The van der Waals surface area contributed by atoms with E-state index in [1.54, 1.807) is 17.5 Å². The van der Waals surface area contributed by atoms with Crippen LogP contribution in [0.15, 0.2) is 60.9 Å². The quantitative estimate of drug-likeness (QED) is 0.200. The zero-order valence-electron chi connectivity index (χ0n) is 29.4. The third kappa shape index (κ3) is 7.06. The van der Waals surface area contributed by atoms with Gasteiger partial charge in [0, 0.05) is 75.8 Å². The number of hydrogen-bond donors (Lipinski definition) is 2. The number of anilines is 3. The van der Waals surface area contributed by atoms with Crippen molar-refractivity contribution in [2.24, 2.45) is 5.92 Å². The number of imide groups is 1. The normalized spacial score (nSPS) is 20.1. The summed E-state index contributed by atoms with van der Waals surface area (Å²) in [5.74, 6) is 0.0801. The summed E-state index contributed by atoms with van der Waals surface area (Å²) in [6.07, 6.45) is 9.08. The number of amides is 2. The number of aromatic nitrogens is 5. The summed E-state index contributed by atoms with van der Waals surface area (Å²) >= 11 is 1.63. The number of piperazine rings is 1. The first-order valence-electron chi connectivity index (χ1n) is 18.6. The molecule has 1 saturated carbocycles. The Labute approximate surface area is 311 Å². The predicted octanol–water partition coefficient (Wildman–Crippen LogP) is 4.92. The molecular weight excluding hydrogens is 687 g/mol. The summed E-state index contributed by atoms with van der Waals surface area (Å²) in [7, 11) is 0.